The first-order valence-electron chi connectivity index (χ1n) is 19.3. The molecule has 4 rings (SSSR count). The Hall–Kier alpha value is -2.46. The predicted octanol–water partition coefficient (Wildman–Crippen LogP) is 9.46. The summed E-state index contributed by atoms with van der Waals surface area (Å²) in [5.41, 5.74) is 19.3. The zero-order valence-corrected chi connectivity index (χ0v) is 41.1. The Morgan fingerprint density at radius 1 is 1.02 bits per heavy atom. The van der Waals surface area contributed by atoms with Crippen molar-refractivity contribution in [3.8, 4) is 24.8 Å². The van der Waals surface area contributed by atoms with Crippen LogP contribution in [0.4, 0.5) is 0 Å². The first-order valence-corrected chi connectivity index (χ1v) is 19.3. The predicted molar refractivity (Wildman–Crippen MR) is 241 cm³/mol. The maximum Gasteiger partial charge on any atom is 1.00 e. The van der Waals surface area contributed by atoms with E-state index in [0.29, 0.717) is 17.2 Å². The SMILES string of the molecule is C#CC.C#CN.C/C=C\c1[nH]ccc1C.CC.CC.CC.CCC.NCO.[CH-]1CC1.[CH-]=C1C=C(CC(CCC)c2cc(C)c(C)c(C)n2)C=C(C)C1=N.[K+]. The average molecular weight is 771 g/mol. The Kier molecular flexibility index (Phi) is 62.1. The summed E-state index contributed by atoms with van der Waals surface area (Å²) < 4.78 is 0. The number of aromatic amines is 1. The van der Waals surface area contributed by atoms with E-state index in [1.807, 2.05) is 73.7 Å². The van der Waals surface area contributed by atoms with Crippen molar-refractivity contribution in [1.82, 2.24) is 9.97 Å². The molecule has 1 atom stereocenters. The molecule has 1 saturated carbocycles. The Labute approximate surface area is 378 Å². The van der Waals surface area contributed by atoms with Crippen LogP contribution >= 0.6 is 0 Å². The summed E-state index contributed by atoms with van der Waals surface area (Å²) in [6, 6.07) is 6.05. The standard InChI is InChI=1S/C21H27N2.C8H11N.C3H5.C3H8.C3H4.C2H3N.3C2H6.CH5NO.K/c1-7-8-19(20-11-13(2)16(5)17(6)23-20)12-18-9-14(3)21(22)15(4)10-18;1-3-4-8-7(2)5-6-9-8;1-2-3-1;2*1-3-2;1-2-3;3*1-2;2-1-3;/h3,9-11,19,22H,7-8,12H2,1-2,4-6H3;3-6,9H,1-2H3;1H,2-3H2;3H2,1-2H3;1H,2H3;1H,3H2;3*1-2H3;3H,1-2H2;/q-1;;-1;;;;;;;;+1/b;4-3-;;;;;;;;;. The second-order valence-corrected chi connectivity index (χ2v) is 10.9. The number of allylic oxidation sites excluding steroid dienone is 6. The third-order valence-corrected chi connectivity index (χ3v) is 6.38. The normalized spacial score (nSPS) is 11.3. The number of rotatable bonds is 6. The van der Waals surface area contributed by atoms with Gasteiger partial charge < -0.3 is 33.4 Å². The van der Waals surface area contributed by atoms with Crippen molar-refractivity contribution in [2.45, 2.75) is 155 Å². The van der Waals surface area contributed by atoms with Crippen LogP contribution < -0.4 is 62.9 Å². The molecule has 2 heterocycles. The molecule has 6 nitrogen and oxygen atoms in total. The largest absolute Gasteiger partial charge is 1.00 e. The van der Waals surface area contributed by atoms with Crippen molar-refractivity contribution in [3.63, 3.8) is 0 Å². The van der Waals surface area contributed by atoms with Gasteiger partial charge >= 0.3 is 51.4 Å². The van der Waals surface area contributed by atoms with E-state index in [2.05, 4.69) is 114 Å². The van der Waals surface area contributed by atoms with Crippen LogP contribution in [0, 0.1) is 70.9 Å². The summed E-state index contributed by atoms with van der Waals surface area (Å²) in [6.45, 7) is 38.3. The molecule has 0 saturated heterocycles. The number of aliphatic hydroxyl groups is 1. The van der Waals surface area contributed by atoms with Gasteiger partial charge in [-0.3, -0.25) is 4.98 Å². The quantitative estimate of drug-likeness (QED) is 0.0660. The molecule has 0 aliphatic heterocycles. The second kappa shape index (κ2) is 50.5. The number of H-pyrrole nitrogens is 1. The van der Waals surface area contributed by atoms with E-state index in [4.69, 9.17) is 22.1 Å². The Bertz CT molecular complexity index is 1290. The zero-order valence-electron chi connectivity index (χ0n) is 37.9. The number of nitrogens with one attached hydrogen (secondary N) is 2. The van der Waals surface area contributed by atoms with E-state index in [1.54, 1.807) is 13.0 Å². The van der Waals surface area contributed by atoms with Gasteiger partial charge in [-0.2, -0.15) is 11.6 Å². The molecule has 0 aromatic carbocycles. The van der Waals surface area contributed by atoms with Crippen molar-refractivity contribution in [3.05, 3.63) is 100 Å². The first-order chi connectivity index (χ1) is 25.3. The fraction of sp³-hybridized carbons (Fsp3) is 0.511. The van der Waals surface area contributed by atoms with Gasteiger partial charge in [0.25, 0.3) is 0 Å². The topological polar surface area (TPSA) is 125 Å². The van der Waals surface area contributed by atoms with Gasteiger partial charge in [-0.1, -0.05) is 99.3 Å². The molecule has 2 aromatic rings. The van der Waals surface area contributed by atoms with Crippen LogP contribution in [0.1, 0.15) is 161 Å². The average Bonchev–Trinajstić information content (AvgIpc) is 3.98. The van der Waals surface area contributed by atoms with Gasteiger partial charge in [-0.15, -0.1) is 17.9 Å². The van der Waals surface area contributed by atoms with Crippen LogP contribution in [0.15, 0.2) is 53.3 Å². The van der Waals surface area contributed by atoms with Crippen molar-refractivity contribution in [1.29, 1.82) is 5.41 Å². The first kappa shape index (κ1) is 66.4. The van der Waals surface area contributed by atoms with E-state index < -0.39 is 0 Å². The number of nitrogens with two attached hydrogens (primary N) is 2. The Balaban J connectivity index is -0.000000117. The van der Waals surface area contributed by atoms with E-state index in [-0.39, 0.29) is 58.1 Å². The molecule has 0 amide bonds. The van der Waals surface area contributed by atoms with Gasteiger partial charge in [0.05, 0.1) is 6.73 Å². The van der Waals surface area contributed by atoms with Gasteiger partial charge in [0.15, 0.2) is 0 Å². The van der Waals surface area contributed by atoms with Gasteiger partial charge in [-0.25, -0.2) is 19.4 Å². The molecule has 7 N–H and O–H groups in total. The number of pyridine rings is 1. The second-order valence-electron chi connectivity index (χ2n) is 10.9. The number of aryl methyl sites for hydroxylation is 3. The molecule has 0 bridgehead atoms. The molecule has 0 radical (unpaired) electrons. The van der Waals surface area contributed by atoms with E-state index >= 15 is 0 Å². The molecular formula is C47H81KN5O-. The van der Waals surface area contributed by atoms with Crippen LogP contribution in [0.25, 0.3) is 6.08 Å². The molecule has 1 unspecified atom stereocenters. The smallest absolute Gasteiger partial charge is 0.382 e. The fourth-order valence-electron chi connectivity index (χ4n) is 3.94. The molecule has 7 heteroatoms. The van der Waals surface area contributed by atoms with Crippen molar-refractivity contribution >= 4 is 11.8 Å². The summed E-state index contributed by atoms with van der Waals surface area (Å²) in [4.78, 5) is 7.96. The minimum Gasteiger partial charge on any atom is -0.382 e. The molecule has 2 aliphatic carbocycles. The summed E-state index contributed by atoms with van der Waals surface area (Å²) in [5.74, 6) is 2.65. The van der Waals surface area contributed by atoms with E-state index in [0.717, 1.165) is 30.5 Å². The van der Waals surface area contributed by atoms with Crippen molar-refractivity contribution in [2.75, 3.05) is 6.73 Å². The molecular weight excluding hydrogens is 690 g/mol. The Morgan fingerprint density at radius 3 is 1.78 bits per heavy atom. The summed E-state index contributed by atoms with van der Waals surface area (Å²) >= 11 is 0. The van der Waals surface area contributed by atoms with Crippen molar-refractivity contribution < 1.29 is 56.5 Å². The number of hydrogen-bond donors (Lipinski definition) is 5. The summed E-state index contributed by atoms with van der Waals surface area (Å²) in [5, 5.41) is 15.3. The minimum absolute atomic E-state index is 0. The number of nitrogens with zero attached hydrogens (tertiary/aromatic N) is 1. The van der Waals surface area contributed by atoms with Crippen molar-refractivity contribution in [2.24, 2.45) is 11.5 Å². The molecule has 0 spiro atoms. The Morgan fingerprint density at radius 2 is 1.46 bits per heavy atom. The zero-order chi connectivity index (χ0) is 42.8. The number of aromatic nitrogens is 2. The maximum atomic E-state index is 7.91. The van der Waals surface area contributed by atoms with Crippen LogP contribution in [0.3, 0.4) is 0 Å². The summed E-state index contributed by atoms with van der Waals surface area (Å²) in [6.07, 6.45) is 28.5. The van der Waals surface area contributed by atoms with Crippen LogP contribution in [0.5, 0.6) is 0 Å². The van der Waals surface area contributed by atoms with Crippen LogP contribution in [-0.2, 0) is 0 Å². The van der Waals surface area contributed by atoms with Gasteiger partial charge in [0.1, 0.15) is 0 Å². The third kappa shape index (κ3) is 39.2. The van der Waals surface area contributed by atoms with E-state index in [1.165, 1.54) is 52.9 Å². The van der Waals surface area contributed by atoms with Gasteiger partial charge in [0.2, 0.25) is 0 Å². The maximum absolute atomic E-state index is 7.91. The monoisotopic (exact) mass is 771 g/mol. The molecule has 2 aromatic heterocycles. The van der Waals surface area contributed by atoms with Gasteiger partial charge in [-0.05, 0) is 108 Å². The third-order valence-electron chi connectivity index (χ3n) is 6.38. The van der Waals surface area contributed by atoms with Crippen LogP contribution in [-0.4, -0.2) is 27.5 Å². The number of hydrogen-bond acceptors (Lipinski definition) is 5. The fourth-order valence-corrected chi connectivity index (χ4v) is 3.94. The van der Waals surface area contributed by atoms with Gasteiger partial charge in [0, 0.05) is 29.2 Å². The minimum atomic E-state index is -0.250. The van der Waals surface area contributed by atoms with Crippen LogP contribution in [0.2, 0.25) is 0 Å². The number of aliphatic hydroxyl groups excluding tert-OH is 1. The molecule has 2 aliphatic rings. The summed E-state index contributed by atoms with van der Waals surface area (Å²) in [7, 11) is 0. The molecule has 1 fully saturated rings. The molecule has 54 heavy (non-hydrogen) atoms. The number of terminal acetylenes is 2. The van der Waals surface area contributed by atoms with E-state index in [9.17, 15) is 0 Å². The molecule has 302 valence electrons.